The van der Waals surface area contributed by atoms with E-state index in [-0.39, 0.29) is 5.82 Å². The number of urea groups is 1. The van der Waals surface area contributed by atoms with Crippen LogP contribution in [0.2, 0.25) is 0 Å². The third kappa shape index (κ3) is 4.62. The lowest BCUT2D eigenvalue weighted by molar-refractivity contribution is -0.125. The lowest BCUT2D eigenvalue weighted by Crippen LogP contribution is -2.43. The largest absolute Gasteiger partial charge is 0.351 e. The Hall–Kier alpha value is -2.73. The van der Waals surface area contributed by atoms with Gasteiger partial charge in [0, 0.05) is 6.54 Å². The number of carbonyl (C=O) groups is 2. The van der Waals surface area contributed by atoms with E-state index in [1.165, 1.54) is 12.1 Å². The predicted molar refractivity (Wildman–Crippen MR) is 84.8 cm³/mol. The highest BCUT2D eigenvalue weighted by molar-refractivity contribution is 5.96. The summed E-state index contributed by atoms with van der Waals surface area (Å²) in [7, 11) is 1.75. The molecule has 1 atom stereocenters. The molecule has 0 unspecified atom stereocenters. The lowest BCUT2D eigenvalue weighted by atomic mass is 10.0. The minimum Gasteiger partial charge on any atom is -0.351 e. The first-order valence-electron chi connectivity index (χ1n) is 7.07. The predicted octanol–water partition coefficient (Wildman–Crippen LogP) is 2.19. The Kier molecular flexibility index (Phi) is 5.43. The molecule has 2 rings (SSSR count). The van der Waals surface area contributed by atoms with E-state index in [4.69, 9.17) is 5.73 Å². The van der Waals surface area contributed by atoms with E-state index in [0.29, 0.717) is 6.54 Å². The molecule has 0 aliphatic heterocycles. The molecule has 5 nitrogen and oxygen atoms in total. The van der Waals surface area contributed by atoms with Crippen LogP contribution in [0.15, 0.2) is 54.6 Å². The lowest BCUT2D eigenvalue weighted by Gasteiger charge is -2.27. The van der Waals surface area contributed by atoms with Crippen LogP contribution >= 0.6 is 0 Å². The topological polar surface area (TPSA) is 75.4 Å². The average molecular weight is 315 g/mol. The fraction of sp³-hybridized carbons (Fsp3) is 0.176. The molecule has 0 radical (unpaired) electrons. The van der Waals surface area contributed by atoms with Gasteiger partial charge >= 0.3 is 6.03 Å². The van der Waals surface area contributed by atoms with Crippen LogP contribution in [0.4, 0.5) is 9.18 Å². The summed E-state index contributed by atoms with van der Waals surface area (Å²) in [5.41, 5.74) is 6.63. The molecule has 6 heteroatoms. The van der Waals surface area contributed by atoms with E-state index in [1.807, 2.05) is 18.2 Å². The normalized spacial score (nSPS) is 12.0. The zero-order valence-corrected chi connectivity index (χ0v) is 12.7. The number of hydrogen-bond acceptors (Lipinski definition) is 3. The van der Waals surface area contributed by atoms with E-state index in [2.05, 4.69) is 5.32 Å². The van der Waals surface area contributed by atoms with Gasteiger partial charge in [-0.15, -0.1) is 0 Å². The maximum absolute atomic E-state index is 13.0. The summed E-state index contributed by atoms with van der Waals surface area (Å²) >= 11 is 0. The first-order valence-corrected chi connectivity index (χ1v) is 7.07. The first kappa shape index (κ1) is 16.6. The summed E-state index contributed by atoms with van der Waals surface area (Å²) < 4.78 is 13.0. The number of carbonyl (C=O) groups excluding carboxylic acids is 2. The van der Waals surface area contributed by atoms with Gasteiger partial charge in [-0.1, -0.05) is 42.5 Å². The van der Waals surface area contributed by atoms with Gasteiger partial charge in [0.2, 0.25) is 5.91 Å². The molecule has 0 bridgehead atoms. The van der Waals surface area contributed by atoms with E-state index in [0.717, 1.165) is 11.1 Å². The first-order chi connectivity index (χ1) is 11.0. The van der Waals surface area contributed by atoms with E-state index < -0.39 is 18.0 Å². The number of rotatable bonds is 5. The van der Waals surface area contributed by atoms with Crippen molar-refractivity contribution in [1.82, 2.24) is 10.2 Å². The minimum absolute atomic E-state index is 0.317. The number of primary amides is 1. The molecule has 0 aliphatic rings. The average Bonchev–Trinajstić information content (AvgIpc) is 2.50. The fourth-order valence-electron chi connectivity index (χ4n) is 2.40. The Morgan fingerprint density at radius 2 is 1.74 bits per heavy atom. The zero-order valence-electron chi connectivity index (χ0n) is 12.7. The van der Waals surface area contributed by atoms with Crippen molar-refractivity contribution in [2.24, 2.45) is 5.73 Å². The van der Waals surface area contributed by atoms with Gasteiger partial charge in [0.25, 0.3) is 0 Å². The maximum atomic E-state index is 13.0. The zero-order chi connectivity index (χ0) is 16.8. The van der Waals surface area contributed by atoms with Crippen molar-refractivity contribution in [3.8, 4) is 0 Å². The highest BCUT2D eigenvalue weighted by atomic mass is 19.1. The third-order valence-corrected chi connectivity index (χ3v) is 3.40. The molecule has 0 saturated heterocycles. The molecule has 3 N–H and O–H groups in total. The fourth-order valence-corrected chi connectivity index (χ4v) is 2.40. The number of imide groups is 1. The molecule has 0 aromatic heterocycles. The van der Waals surface area contributed by atoms with E-state index in [1.54, 1.807) is 36.2 Å². The van der Waals surface area contributed by atoms with Gasteiger partial charge in [-0.2, -0.15) is 0 Å². The van der Waals surface area contributed by atoms with Crippen molar-refractivity contribution in [3.05, 3.63) is 71.5 Å². The monoisotopic (exact) mass is 315 g/mol. The number of benzene rings is 2. The molecule has 2 aromatic carbocycles. The van der Waals surface area contributed by atoms with Crippen molar-refractivity contribution in [1.29, 1.82) is 0 Å². The molecule has 0 saturated carbocycles. The van der Waals surface area contributed by atoms with Crippen LogP contribution in [-0.2, 0) is 11.3 Å². The summed E-state index contributed by atoms with van der Waals surface area (Å²) in [4.78, 5) is 25.1. The number of halogens is 1. The minimum atomic E-state index is -0.897. The van der Waals surface area contributed by atoms with Crippen molar-refractivity contribution < 1.29 is 14.0 Å². The highest BCUT2D eigenvalue weighted by Crippen LogP contribution is 2.21. The third-order valence-electron chi connectivity index (χ3n) is 3.40. The number of nitrogens with zero attached hydrogens (tertiary/aromatic N) is 1. The quantitative estimate of drug-likeness (QED) is 0.888. The molecular formula is C17H18FN3O2. The van der Waals surface area contributed by atoms with Gasteiger partial charge in [-0.25, -0.2) is 9.18 Å². The summed E-state index contributed by atoms with van der Waals surface area (Å²) in [6.45, 7) is 0.409. The summed E-state index contributed by atoms with van der Waals surface area (Å²) in [6.07, 6.45) is 0. The molecule has 0 aliphatic carbocycles. The number of likely N-dealkylation sites (N-methyl/N-ethyl adjacent to an activating group) is 1. The molecule has 0 heterocycles. The van der Waals surface area contributed by atoms with Gasteiger partial charge in [0.1, 0.15) is 11.9 Å². The van der Waals surface area contributed by atoms with Crippen LogP contribution in [0, 0.1) is 5.82 Å². The summed E-state index contributed by atoms with van der Waals surface area (Å²) in [5.74, 6) is -0.823. The second-order valence-electron chi connectivity index (χ2n) is 5.21. The van der Waals surface area contributed by atoms with Crippen molar-refractivity contribution in [2.45, 2.75) is 12.6 Å². The molecular weight excluding hydrogens is 297 g/mol. The Labute approximate surface area is 133 Å². The smallest absolute Gasteiger partial charge is 0.318 e. The van der Waals surface area contributed by atoms with E-state index in [9.17, 15) is 14.0 Å². The van der Waals surface area contributed by atoms with Gasteiger partial charge in [-0.05, 0) is 30.3 Å². The molecule has 0 spiro atoms. The van der Waals surface area contributed by atoms with E-state index >= 15 is 0 Å². The number of nitrogens with one attached hydrogen (secondary N) is 1. The second-order valence-corrected chi connectivity index (χ2v) is 5.21. The standard InChI is InChI=1S/C17H18FN3O2/c1-21(11-12-7-9-14(18)10-8-12)15(16(22)20-17(19)23)13-5-3-2-4-6-13/h2-10,15H,11H2,1H3,(H3,19,20,22,23)/t15-/m1/s1. The number of nitrogens with two attached hydrogens (primary N) is 1. The van der Waals surface area contributed by atoms with Crippen LogP contribution in [-0.4, -0.2) is 23.9 Å². The molecule has 23 heavy (non-hydrogen) atoms. The van der Waals surface area contributed by atoms with Gasteiger partial charge < -0.3 is 5.73 Å². The SMILES string of the molecule is CN(Cc1ccc(F)cc1)[C@@H](C(=O)NC(N)=O)c1ccccc1. The number of amides is 3. The van der Waals surface area contributed by atoms with Crippen molar-refractivity contribution >= 4 is 11.9 Å². The molecule has 0 fully saturated rings. The van der Waals surface area contributed by atoms with Crippen LogP contribution in [0.1, 0.15) is 17.2 Å². The van der Waals surface area contributed by atoms with Crippen LogP contribution < -0.4 is 11.1 Å². The van der Waals surface area contributed by atoms with Crippen LogP contribution in [0.3, 0.4) is 0 Å². The van der Waals surface area contributed by atoms with Gasteiger partial charge in [0.05, 0.1) is 0 Å². The molecule has 120 valence electrons. The summed E-state index contributed by atoms with van der Waals surface area (Å²) in [6, 6.07) is 13.5. The van der Waals surface area contributed by atoms with Crippen molar-refractivity contribution in [3.63, 3.8) is 0 Å². The molecule has 2 aromatic rings. The van der Waals surface area contributed by atoms with Crippen LogP contribution in [0.5, 0.6) is 0 Å². The van der Waals surface area contributed by atoms with Gasteiger partial charge in [0.15, 0.2) is 0 Å². The number of hydrogen-bond donors (Lipinski definition) is 2. The van der Waals surface area contributed by atoms with Crippen LogP contribution in [0.25, 0.3) is 0 Å². The second kappa shape index (κ2) is 7.51. The maximum Gasteiger partial charge on any atom is 0.318 e. The Morgan fingerprint density at radius 1 is 1.13 bits per heavy atom. The Morgan fingerprint density at radius 3 is 2.30 bits per heavy atom. The van der Waals surface area contributed by atoms with Crippen molar-refractivity contribution in [2.75, 3.05) is 7.05 Å². The highest BCUT2D eigenvalue weighted by Gasteiger charge is 2.26. The Balaban J connectivity index is 2.23. The Bertz CT molecular complexity index is 674. The van der Waals surface area contributed by atoms with Gasteiger partial charge in [-0.3, -0.25) is 15.0 Å². The molecule has 3 amide bonds. The summed E-state index contributed by atoms with van der Waals surface area (Å²) in [5, 5.41) is 2.12.